The molecule has 0 heterocycles. The smallest absolute Gasteiger partial charge is 0.232 e. The lowest BCUT2D eigenvalue weighted by molar-refractivity contribution is -0.116. The van der Waals surface area contributed by atoms with Gasteiger partial charge in [-0.15, -0.1) is 0 Å². The number of benzene rings is 2. The largest absolute Gasteiger partial charge is 0.495 e. The number of hydrogen-bond donors (Lipinski definition) is 1. The molecule has 2 aromatic carbocycles. The average Bonchev–Trinajstić information content (AvgIpc) is 2.54. The first-order valence-electron chi connectivity index (χ1n) is 7.47. The third-order valence-electron chi connectivity index (χ3n) is 3.40. The highest BCUT2D eigenvalue weighted by molar-refractivity contribution is 7.92. The standard InChI is InChI=1S/C17H19ClN2O4S/c1-24-16-9-4-3-8-15(16)20(25(2,22)23)11-10-17(21)19-14-7-5-6-13(18)12-14/h3-9,12H,10-11H2,1-2H3,(H,19,21). The van der Waals surface area contributed by atoms with Gasteiger partial charge in [0.15, 0.2) is 0 Å². The van der Waals surface area contributed by atoms with Gasteiger partial charge >= 0.3 is 0 Å². The molecule has 0 aliphatic carbocycles. The molecule has 25 heavy (non-hydrogen) atoms. The van der Waals surface area contributed by atoms with Crippen molar-refractivity contribution in [2.45, 2.75) is 6.42 Å². The van der Waals surface area contributed by atoms with E-state index in [1.54, 1.807) is 48.5 Å². The number of amides is 1. The van der Waals surface area contributed by atoms with Gasteiger partial charge in [-0.05, 0) is 30.3 Å². The van der Waals surface area contributed by atoms with Gasteiger partial charge in [-0.25, -0.2) is 8.42 Å². The Bertz CT molecular complexity index is 855. The predicted molar refractivity (Wildman–Crippen MR) is 99.9 cm³/mol. The van der Waals surface area contributed by atoms with E-state index in [0.29, 0.717) is 22.1 Å². The summed E-state index contributed by atoms with van der Waals surface area (Å²) in [5, 5.41) is 3.20. The monoisotopic (exact) mass is 382 g/mol. The molecule has 8 heteroatoms. The van der Waals surface area contributed by atoms with Crippen molar-refractivity contribution in [1.82, 2.24) is 0 Å². The Balaban J connectivity index is 2.12. The molecule has 0 bridgehead atoms. The number of carbonyl (C=O) groups excluding carboxylic acids is 1. The summed E-state index contributed by atoms with van der Waals surface area (Å²) in [6.07, 6.45) is 1.08. The fourth-order valence-electron chi connectivity index (χ4n) is 2.29. The second kappa shape index (κ2) is 8.22. The zero-order valence-electron chi connectivity index (χ0n) is 13.9. The average molecular weight is 383 g/mol. The number of rotatable bonds is 7. The molecule has 1 N–H and O–H groups in total. The Morgan fingerprint density at radius 2 is 1.92 bits per heavy atom. The summed E-state index contributed by atoms with van der Waals surface area (Å²) in [4.78, 5) is 12.1. The highest BCUT2D eigenvalue weighted by atomic mass is 35.5. The lowest BCUT2D eigenvalue weighted by atomic mass is 10.2. The number of ether oxygens (including phenoxy) is 1. The van der Waals surface area contributed by atoms with Gasteiger partial charge in [0, 0.05) is 23.7 Å². The molecule has 0 aliphatic heterocycles. The summed E-state index contributed by atoms with van der Waals surface area (Å²) < 4.78 is 30.6. The van der Waals surface area contributed by atoms with Crippen LogP contribution in [0.4, 0.5) is 11.4 Å². The topological polar surface area (TPSA) is 75.7 Å². The molecule has 0 aromatic heterocycles. The second-order valence-electron chi connectivity index (χ2n) is 5.32. The summed E-state index contributed by atoms with van der Waals surface area (Å²) >= 11 is 5.88. The lowest BCUT2D eigenvalue weighted by Crippen LogP contribution is -2.33. The number of sulfonamides is 1. The molecular formula is C17H19ClN2O4S. The molecule has 0 atom stereocenters. The Kier molecular flexibility index (Phi) is 6.27. The fourth-order valence-corrected chi connectivity index (χ4v) is 3.41. The summed E-state index contributed by atoms with van der Waals surface area (Å²) in [5.74, 6) is 0.106. The third kappa shape index (κ3) is 5.37. The Hall–Kier alpha value is -2.25. The Labute approximate surface area is 152 Å². The van der Waals surface area contributed by atoms with Crippen molar-refractivity contribution in [3.05, 3.63) is 53.6 Å². The molecule has 1 amide bonds. The van der Waals surface area contributed by atoms with Crippen molar-refractivity contribution >= 4 is 38.9 Å². The molecule has 0 aliphatic rings. The highest BCUT2D eigenvalue weighted by Crippen LogP contribution is 2.29. The SMILES string of the molecule is COc1ccccc1N(CCC(=O)Nc1cccc(Cl)c1)S(C)(=O)=O. The molecule has 0 saturated carbocycles. The summed E-state index contributed by atoms with van der Waals surface area (Å²) in [5.41, 5.74) is 0.948. The van der Waals surface area contributed by atoms with Gasteiger partial charge in [-0.2, -0.15) is 0 Å². The highest BCUT2D eigenvalue weighted by Gasteiger charge is 2.21. The molecule has 2 aromatic rings. The quantitative estimate of drug-likeness (QED) is 0.798. The summed E-state index contributed by atoms with van der Waals surface area (Å²) in [6, 6.07) is 13.5. The number of hydrogen-bond acceptors (Lipinski definition) is 4. The van der Waals surface area contributed by atoms with E-state index in [-0.39, 0.29) is 18.9 Å². The maximum Gasteiger partial charge on any atom is 0.232 e. The molecule has 2 rings (SSSR count). The summed E-state index contributed by atoms with van der Waals surface area (Å²) in [7, 11) is -2.11. The van der Waals surface area contributed by atoms with Crippen LogP contribution in [0.15, 0.2) is 48.5 Å². The van der Waals surface area contributed by atoms with Crippen molar-refractivity contribution in [3.8, 4) is 5.75 Å². The van der Waals surface area contributed by atoms with E-state index in [9.17, 15) is 13.2 Å². The van der Waals surface area contributed by atoms with E-state index in [2.05, 4.69) is 5.32 Å². The number of methoxy groups -OCH3 is 1. The molecule has 0 radical (unpaired) electrons. The van der Waals surface area contributed by atoms with Gasteiger partial charge in [0.1, 0.15) is 5.75 Å². The van der Waals surface area contributed by atoms with Crippen molar-refractivity contribution < 1.29 is 17.9 Å². The first kappa shape index (κ1) is 19.1. The van der Waals surface area contributed by atoms with Gasteiger partial charge in [0.2, 0.25) is 15.9 Å². The first-order valence-corrected chi connectivity index (χ1v) is 9.70. The maximum atomic E-state index is 12.1. The molecule has 134 valence electrons. The normalized spacial score (nSPS) is 11.0. The minimum atomic E-state index is -3.57. The van der Waals surface area contributed by atoms with E-state index >= 15 is 0 Å². The molecule has 6 nitrogen and oxygen atoms in total. The van der Waals surface area contributed by atoms with Gasteiger partial charge in [-0.1, -0.05) is 29.8 Å². The van der Waals surface area contributed by atoms with Gasteiger partial charge < -0.3 is 10.1 Å². The van der Waals surface area contributed by atoms with Crippen molar-refractivity contribution in [3.63, 3.8) is 0 Å². The minimum Gasteiger partial charge on any atom is -0.495 e. The fraction of sp³-hybridized carbons (Fsp3) is 0.235. The van der Waals surface area contributed by atoms with E-state index in [4.69, 9.17) is 16.3 Å². The van der Waals surface area contributed by atoms with Crippen LogP contribution in [0.25, 0.3) is 0 Å². The predicted octanol–water partition coefficient (Wildman–Crippen LogP) is 3.14. The van der Waals surface area contributed by atoms with Crippen LogP contribution in [-0.2, 0) is 14.8 Å². The van der Waals surface area contributed by atoms with Crippen LogP contribution in [0, 0.1) is 0 Å². The van der Waals surface area contributed by atoms with Crippen molar-refractivity contribution in [2.75, 3.05) is 29.5 Å². The van der Waals surface area contributed by atoms with Gasteiger partial charge in [0.05, 0.1) is 19.1 Å². The molecule has 0 saturated heterocycles. The van der Waals surface area contributed by atoms with E-state index in [1.165, 1.54) is 7.11 Å². The van der Waals surface area contributed by atoms with Crippen LogP contribution >= 0.6 is 11.6 Å². The second-order valence-corrected chi connectivity index (χ2v) is 7.66. The Morgan fingerprint density at radius 1 is 1.20 bits per heavy atom. The Morgan fingerprint density at radius 3 is 2.56 bits per heavy atom. The van der Waals surface area contributed by atoms with E-state index in [0.717, 1.165) is 10.6 Å². The van der Waals surface area contributed by atoms with Crippen LogP contribution in [0.1, 0.15) is 6.42 Å². The van der Waals surface area contributed by atoms with Crippen LogP contribution in [-0.4, -0.2) is 34.2 Å². The first-order chi connectivity index (χ1) is 11.8. The zero-order chi connectivity index (χ0) is 18.4. The van der Waals surface area contributed by atoms with Crippen LogP contribution in [0.5, 0.6) is 5.75 Å². The lowest BCUT2D eigenvalue weighted by Gasteiger charge is -2.24. The van der Waals surface area contributed by atoms with Crippen LogP contribution < -0.4 is 14.4 Å². The van der Waals surface area contributed by atoms with E-state index in [1.807, 2.05) is 0 Å². The van der Waals surface area contributed by atoms with E-state index < -0.39 is 10.0 Å². The molecule has 0 spiro atoms. The number of nitrogens with one attached hydrogen (secondary N) is 1. The van der Waals surface area contributed by atoms with Crippen LogP contribution in [0.2, 0.25) is 5.02 Å². The number of anilines is 2. The van der Waals surface area contributed by atoms with Crippen molar-refractivity contribution in [2.24, 2.45) is 0 Å². The number of carbonyl (C=O) groups is 1. The van der Waals surface area contributed by atoms with Gasteiger partial charge in [-0.3, -0.25) is 9.10 Å². The number of halogens is 1. The summed E-state index contributed by atoms with van der Waals surface area (Å²) in [6.45, 7) is -0.00833. The maximum absolute atomic E-state index is 12.1. The van der Waals surface area contributed by atoms with Crippen LogP contribution in [0.3, 0.4) is 0 Å². The van der Waals surface area contributed by atoms with Gasteiger partial charge in [0.25, 0.3) is 0 Å². The van der Waals surface area contributed by atoms with Crippen molar-refractivity contribution in [1.29, 1.82) is 0 Å². The minimum absolute atomic E-state index is 0.00833. The molecule has 0 fully saturated rings. The number of para-hydroxylation sites is 2. The molecule has 0 unspecified atom stereocenters. The zero-order valence-corrected chi connectivity index (χ0v) is 15.5. The molecular weight excluding hydrogens is 364 g/mol. The third-order valence-corrected chi connectivity index (χ3v) is 4.82. The number of nitrogens with zero attached hydrogens (tertiary/aromatic N) is 1.